The van der Waals surface area contributed by atoms with E-state index in [2.05, 4.69) is 203 Å². The fourth-order valence-electron chi connectivity index (χ4n) is 11.6. The molecule has 5 aromatic heterocycles. The molecule has 63 heavy (non-hydrogen) atoms. The van der Waals surface area contributed by atoms with Gasteiger partial charge in [-0.05, 0) is 127 Å². The van der Waals surface area contributed by atoms with Gasteiger partial charge in [-0.1, -0.05) is 121 Å². The van der Waals surface area contributed by atoms with Gasteiger partial charge in [0, 0.05) is 63.6 Å². The predicted molar refractivity (Wildman–Crippen MR) is 272 cm³/mol. The Morgan fingerprint density at radius 3 is 0.778 bits per heavy atom. The summed E-state index contributed by atoms with van der Waals surface area (Å²) >= 11 is 1.94. The van der Waals surface area contributed by atoms with Gasteiger partial charge in [0.1, 0.15) is 0 Å². The minimum absolute atomic E-state index is 1.26. The monoisotopic (exact) mass is 812 g/mol. The minimum Gasteiger partial charge on any atom is -0.308 e. The van der Waals surface area contributed by atoms with Crippen LogP contribution in [-0.4, -0.2) is 8.80 Å². The maximum absolute atomic E-state index is 2.54. The zero-order chi connectivity index (χ0) is 40.7. The molecule has 0 aliphatic heterocycles. The topological polar surface area (TPSA) is 8.82 Å². The Morgan fingerprint density at radius 1 is 0.238 bits per heavy atom. The molecule has 0 spiro atoms. The first-order valence-corrected chi connectivity index (χ1v) is 22.6. The summed E-state index contributed by atoms with van der Waals surface area (Å²) in [6, 6.07) is 73.5. The molecule has 0 saturated heterocycles. The van der Waals surface area contributed by atoms with Crippen molar-refractivity contribution < 1.29 is 0 Å². The summed E-state index contributed by atoms with van der Waals surface area (Å²) in [5.41, 5.74) is 10.2. The van der Waals surface area contributed by atoms with Crippen molar-refractivity contribution in [3.05, 3.63) is 194 Å². The standard InChI is InChI=1S/C60H32N2S/c1-5-15-37-29-53-45(21-33(37)11-1)49-25-41(26-50-46-22-34-12-2-6-16-38(34)30-54(46)61(53)57(49)50)59-43-19-9-10-20-44(43)60(63-59)42-27-51-47-23-35-13-3-7-17-39(35)31-55(47)62-56-32-40-18-8-4-14-36(40)24-48(56)52(28-42)58(51)62/h1-32H. The zero-order valence-electron chi connectivity index (χ0n) is 33.8. The van der Waals surface area contributed by atoms with Crippen molar-refractivity contribution in [2.24, 2.45) is 0 Å². The van der Waals surface area contributed by atoms with Crippen molar-refractivity contribution in [2.75, 3.05) is 0 Å². The average Bonchev–Trinajstić information content (AvgIpc) is 4.12. The SMILES string of the molecule is c1ccc2cc3c(cc2c1)c1cc(-c2sc(-c4cc5c6cc7ccccc7cc6n6c7cc8ccccc8cc7c(c4)c56)c4ccccc24)cc2c4cc5ccccc5cc4n3c12. The van der Waals surface area contributed by atoms with Gasteiger partial charge in [-0.2, -0.15) is 0 Å². The number of thiophene rings is 1. The fraction of sp³-hybridized carbons (Fsp3) is 0. The third kappa shape index (κ3) is 4.18. The Hall–Kier alpha value is -7.98. The second-order valence-electron chi connectivity index (χ2n) is 17.7. The molecule has 0 saturated carbocycles. The van der Waals surface area contributed by atoms with Crippen LogP contribution in [0.2, 0.25) is 0 Å². The van der Waals surface area contributed by atoms with Crippen LogP contribution in [0, 0.1) is 0 Å². The lowest BCUT2D eigenvalue weighted by Gasteiger charge is -2.05. The highest BCUT2D eigenvalue weighted by Gasteiger charge is 2.25. The smallest absolute Gasteiger partial charge is 0.0620 e. The number of hydrogen-bond donors (Lipinski definition) is 0. The first-order chi connectivity index (χ1) is 31.2. The first-order valence-electron chi connectivity index (χ1n) is 21.8. The molecule has 5 heterocycles. The lowest BCUT2D eigenvalue weighted by molar-refractivity contribution is 1.38. The van der Waals surface area contributed by atoms with Crippen LogP contribution in [0.4, 0.5) is 0 Å². The summed E-state index contributed by atoms with van der Waals surface area (Å²) in [6.45, 7) is 0. The van der Waals surface area contributed by atoms with E-state index in [1.807, 2.05) is 11.3 Å². The molecular weight excluding hydrogens is 781 g/mol. The molecule has 0 amide bonds. The number of aromatic nitrogens is 2. The van der Waals surface area contributed by atoms with E-state index in [-0.39, 0.29) is 0 Å². The van der Waals surface area contributed by atoms with Crippen LogP contribution in [0.1, 0.15) is 0 Å². The molecule has 16 aromatic rings. The van der Waals surface area contributed by atoms with Gasteiger partial charge in [-0.3, -0.25) is 0 Å². The van der Waals surface area contributed by atoms with Gasteiger partial charge < -0.3 is 8.80 Å². The summed E-state index contributed by atoms with van der Waals surface area (Å²) in [5.74, 6) is 0. The molecule has 2 nitrogen and oxygen atoms in total. The Labute approximate surface area is 363 Å². The summed E-state index contributed by atoms with van der Waals surface area (Å²) in [5, 5.41) is 23.2. The summed E-state index contributed by atoms with van der Waals surface area (Å²) < 4.78 is 5.07. The van der Waals surface area contributed by atoms with E-state index in [1.165, 1.54) is 151 Å². The molecule has 288 valence electrons. The largest absolute Gasteiger partial charge is 0.308 e. The van der Waals surface area contributed by atoms with E-state index in [9.17, 15) is 0 Å². The molecule has 0 atom stereocenters. The quantitative estimate of drug-likeness (QED) is 0.164. The summed E-state index contributed by atoms with van der Waals surface area (Å²) in [7, 11) is 0. The molecule has 0 unspecified atom stereocenters. The second kappa shape index (κ2) is 11.5. The highest BCUT2D eigenvalue weighted by Crippen LogP contribution is 2.51. The van der Waals surface area contributed by atoms with Crippen LogP contribution >= 0.6 is 11.3 Å². The van der Waals surface area contributed by atoms with E-state index in [0.29, 0.717) is 0 Å². The van der Waals surface area contributed by atoms with Gasteiger partial charge in [-0.25, -0.2) is 0 Å². The Bertz CT molecular complexity index is 4130. The third-order valence-electron chi connectivity index (χ3n) is 14.4. The van der Waals surface area contributed by atoms with E-state index in [1.54, 1.807) is 0 Å². The lowest BCUT2D eigenvalue weighted by Crippen LogP contribution is -1.82. The Kier molecular flexibility index (Phi) is 5.97. The predicted octanol–water partition coefficient (Wildman–Crippen LogP) is 17.1. The van der Waals surface area contributed by atoms with Gasteiger partial charge in [0.25, 0.3) is 0 Å². The van der Waals surface area contributed by atoms with Crippen molar-refractivity contribution in [3.8, 4) is 20.9 Å². The lowest BCUT2D eigenvalue weighted by atomic mass is 9.98. The maximum atomic E-state index is 2.54. The minimum atomic E-state index is 1.26. The van der Waals surface area contributed by atoms with Crippen LogP contribution in [0.15, 0.2) is 194 Å². The summed E-state index contributed by atoms with van der Waals surface area (Å²) in [4.78, 5) is 2.62. The van der Waals surface area contributed by atoms with Crippen LogP contribution in [0.25, 0.3) is 151 Å². The van der Waals surface area contributed by atoms with Crippen LogP contribution < -0.4 is 0 Å². The van der Waals surface area contributed by atoms with Gasteiger partial charge >= 0.3 is 0 Å². The molecule has 11 aromatic carbocycles. The molecule has 0 fully saturated rings. The fourth-order valence-corrected chi connectivity index (χ4v) is 12.9. The first kappa shape index (κ1) is 32.7. The molecule has 0 N–H and O–H groups in total. The molecule has 0 bridgehead atoms. The number of hydrogen-bond acceptors (Lipinski definition) is 1. The van der Waals surface area contributed by atoms with Gasteiger partial charge in [0.05, 0.1) is 33.1 Å². The Morgan fingerprint density at radius 2 is 0.492 bits per heavy atom. The average molecular weight is 813 g/mol. The highest BCUT2D eigenvalue weighted by molar-refractivity contribution is 7.21. The number of rotatable bonds is 2. The van der Waals surface area contributed by atoms with Gasteiger partial charge in [0.2, 0.25) is 0 Å². The van der Waals surface area contributed by atoms with Crippen molar-refractivity contribution >= 4 is 141 Å². The maximum Gasteiger partial charge on any atom is 0.0620 e. The third-order valence-corrected chi connectivity index (χ3v) is 15.7. The van der Waals surface area contributed by atoms with E-state index >= 15 is 0 Å². The van der Waals surface area contributed by atoms with Crippen molar-refractivity contribution in [3.63, 3.8) is 0 Å². The molecular formula is C60H32N2S. The van der Waals surface area contributed by atoms with Crippen molar-refractivity contribution in [1.82, 2.24) is 8.80 Å². The highest BCUT2D eigenvalue weighted by atomic mass is 32.1. The molecule has 0 aliphatic carbocycles. The summed E-state index contributed by atoms with van der Waals surface area (Å²) in [6.07, 6.45) is 0. The molecule has 3 heteroatoms. The van der Waals surface area contributed by atoms with E-state index in [0.717, 1.165) is 0 Å². The van der Waals surface area contributed by atoms with Crippen LogP contribution in [0.5, 0.6) is 0 Å². The molecule has 16 rings (SSSR count). The number of nitrogens with zero attached hydrogens (tertiary/aromatic N) is 2. The van der Waals surface area contributed by atoms with Crippen LogP contribution in [0.3, 0.4) is 0 Å². The Balaban J connectivity index is 1.01. The number of fused-ring (bicyclic) bond motifs is 17. The molecule has 0 aliphatic rings. The molecule has 0 radical (unpaired) electrons. The van der Waals surface area contributed by atoms with E-state index in [4.69, 9.17) is 0 Å². The normalized spacial score (nSPS) is 12.8. The van der Waals surface area contributed by atoms with Crippen LogP contribution in [-0.2, 0) is 0 Å². The zero-order valence-corrected chi connectivity index (χ0v) is 34.6. The van der Waals surface area contributed by atoms with Gasteiger partial charge in [0.15, 0.2) is 0 Å². The number of benzene rings is 11. The van der Waals surface area contributed by atoms with Crippen molar-refractivity contribution in [2.45, 2.75) is 0 Å². The second-order valence-corrected chi connectivity index (χ2v) is 18.7. The van der Waals surface area contributed by atoms with Gasteiger partial charge in [-0.15, -0.1) is 11.3 Å². The van der Waals surface area contributed by atoms with Crippen molar-refractivity contribution in [1.29, 1.82) is 0 Å². The van der Waals surface area contributed by atoms with E-state index < -0.39 is 0 Å².